The second-order valence-electron chi connectivity index (χ2n) is 7.64. The summed E-state index contributed by atoms with van der Waals surface area (Å²) in [4.78, 5) is 30.2. The molecule has 0 saturated carbocycles. The van der Waals surface area contributed by atoms with Gasteiger partial charge in [-0.2, -0.15) is 0 Å². The highest BCUT2D eigenvalue weighted by atomic mass is 16.6. The molecule has 1 saturated heterocycles. The van der Waals surface area contributed by atoms with Crippen molar-refractivity contribution in [1.29, 1.82) is 0 Å². The summed E-state index contributed by atoms with van der Waals surface area (Å²) >= 11 is 0. The summed E-state index contributed by atoms with van der Waals surface area (Å²) in [6.07, 6.45) is 1.58. The number of aryl methyl sites for hydroxylation is 1. The number of aromatic nitrogens is 1. The summed E-state index contributed by atoms with van der Waals surface area (Å²) in [5.74, 6) is 0.949. The number of piperidine rings is 1. The Hall–Kier alpha value is -2.31. The Morgan fingerprint density at radius 3 is 2.58 bits per heavy atom. The van der Waals surface area contributed by atoms with E-state index in [1.54, 1.807) is 0 Å². The predicted molar refractivity (Wildman–Crippen MR) is 101 cm³/mol. The number of alkyl carbamates (subject to hydrolysis) is 1. The number of carbonyl (C=O) groups is 2. The maximum atomic E-state index is 12.3. The van der Waals surface area contributed by atoms with E-state index in [-0.39, 0.29) is 12.3 Å². The second kappa shape index (κ2) is 8.87. The zero-order chi connectivity index (χ0) is 19.2. The van der Waals surface area contributed by atoms with Gasteiger partial charge in [0, 0.05) is 37.8 Å². The maximum Gasteiger partial charge on any atom is 0.407 e. The molecule has 2 amide bonds. The van der Waals surface area contributed by atoms with Crippen LogP contribution in [0.2, 0.25) is 0 Å². The number of hydrogen-bond acceptors (Lipinski definition) is 5. The van der Waals surface area contributed by atoms with Crippen molar-refractivity contribution >= 4 is 17.8 Å². The number of pyridine rings is 1. The smallest absolute Gasteiger partial charge is 0.407 e. The number of likely N-dealkylation sites (tertiary alicyclic amines) is 1. The maximum absolute atomic E-state index is 12.3. The van der Waals surface area contributed by atoms with Crippen LogP contribution in [0.15, 0.2) is 18.2 Å². The van der Waals surface area contributed by atoms with E-state index in [0.29, 0.717) is 12.6 Å². The quantitative estimate of drug-likeness (QED) is 0.841. The Bertz CT molecular complexity index is 619. The molecule has 144 valence electrons. The number of rotatable bonds is 5. The van der Waals surface area contributed by atoms with Crippen LogP contribution >= 0.6 is 0 Å². The van der Waals surface area contributed by atoms with Crippen molar-refractivity contribution in [2.24, 2.45) is 0 Å². The molecule has 0 spiro atoms. The highest BCUT2D eigenvalue weighted by Gasteiger charge is 2.23. The molecule has 2 heterocycles. The van der Waals surface area contributed by atoms with Crippen LogP contribution in [0.5, 0.6) is 0 Å². The Balaban J connectivity index is 1.67. The standard InChI is InChI=1S/C19H30N4O3/c1-14-6-5-7-16(21-14)22-15-9-12-23(13-10-15)17(24)8-11-20-18(25)26-19(2,3)4/h5-7,15H,8-13H2,1-4H3,(H,20,25)(H,21,22). The Morgan fingerprint density at radius 1 is 1.27 bits per heavy atom. The van der Waals surface area contributed by atoms with Crippen LogP contribution in [0.4, 0.5) is 10.6 Å². The molecule has 2 N–H and O–H groups in total. The van der Waals surface area contributed by atoms with Crippen LogP contribution in [0, 0.1) is 6.92 Å². The van der Waals surface area contributed by atoms with Gasteiger partial charge in [0.15, 0.2) is 0 Å². The number of ether oxygens (including phenoxy) is 1. The van der Waals surface area contributed by atoms with Crippen LogP contribution in [-0.4, -0.2) is 53.2 Å². The first-order chi connectivity index (χ1) is 12.2. The third kappa shape index (κ3) is 6.90. The van der Waals surface area contributed by atoms with E-state index in [1.165, 1.54) is 0 Å². The molecule has 1 aliphatic heterocycles. The van der Waals surface area contributed by atoms with Crippen LogP contribution in [0.25, 0.3) is 0 Å². The van der Waals surface area contributed by atoms with E-state index < -0.39 is 11.7 Å². The lowest BCUT2D eigenvalue weighted by atomic mass is 10.0. The van der Waals surface area contributed by atoms with Gasteiger partial charge in [-0.1, -0.05) is 6.07 Å². The highest BCUT2D eigenvalue weighted by Crippen LogP contribution is 2.16. The summed E-state index contributed by atoms with van der Waals surface area (Å²) in [6.45, 7) is 9.12. The average Bonchev–Trinajstić information content (AvgIpc) is 2.53. The van der Waals surface area contributed by atoms with Crippen molar-refractivity contribution in [2.45, 2.75) is 58.6 Å². The topological polar surface area (TPSA) is 83.6 Å². The van der Waals surface area contributed by atoms with Gasteiger partial charge in [0.05, 0.1) is 0 Å². The SMILES string of the molecule is Cc1cccc(NC2CCN(C(=O)CCNC(=O)OC(C)(C)C)CC2)n1. The summed E-state index contributed by atoms with van der Waals surface area (Å²) in [5.41, 5.74) is 0.454. The second-order valence-corrected chi connectivity index (χ2v) is 7.64. The number of nitrogens with zero attached hydrogens (tertiary/aromatic N) is 2. The van der Waals surface area contributed by atoms with E-state index in [4.69, 9.17) is 4.74 Å². The zero-order valence-corrected chi connectivity index (χ0v) is 16.2. The Kier molecular flexibility index (Phi) is 6.83. The van der Waals surface area contributed by atoms with E-state index in [1.807, 2.05) is 50.8 Å². The van der Waals surface area contributed by atoms with Crippen molar-refractivity contribution in [3.05, 3.63) is 23.9 Å². The molecular weight excluding hydrogens is 332 g/mol. The molecule has 0 unspecified atom stereocenters. The lowest BCUT2D eigenvalue weighted by molar-refractivity contribution is -0.132. The summed E-state index contributed by atoms with van der Waals surface area (Å²) in [6, 6.07) is 6.25. The van der Waals surface area contributed by atoms with Crippen LogP contribution in [0.3, 0.4) is 0 Å². The van der Waals surface area contributed by atoms with Crippen molar-refractivity contribution in [2.75, 3.05) is 25.0 Å². The third-order valence-corrected chi connectivity index (χ3v) is 4.10. The minimum absolute atomic E-state index is 0.0631. The molecule has 7 nitrogen and oxygen atoms in total. The lowest BCUT2D eigenvalue weighted by Crippen LogP contribution is -2.43. The van der Waals surface area contributed by atoms with Crippen LogP contribution < -0.4 is 10.6 Å². The molecule has 1 aliphatic rings. The lowest BCUT2D eigenvalue weighted by Gasteiger charge is -2.32. The van der Waals surface area contributed by atoms with Crippen LogP contribution in [-0.2, 0) is 9.53 Å². The largest absolute Gasteiger partial charge is 0.444 e. The Labute approximate surface area is 155 Å². The number of hydrogen-bond donors (Lipinski definition) is 2. The number of amides is 2. The van der Waals surface area contributed by atoms with Crippen LogP contribution in [0.1, 0.15) is 45.7 Å². The molecule has 2 rings (SSSR count). The monoisotopic (exact) mass is 362 g/mol. The van der Waals surface area contributed by atoms with Gasteiger partial charge >= 0.3 is 6.09 Å². The number of carbonyl (C=O) groups excluding carboxylic acids is 2. The molecular formula is C19H30N4O3. The summed E-state index contributed by atoms with van der Waals surface area (Å²) in [7, 11) is 0. The van der Waals surface area contributed by atoms with E-state index in [2.05, 4.69) is 15.6 Å². The molecule has 1 aromatic rings. The number of anilines is 1. The first-order valence-corrected chi connectivity index (χ1v) is 9.18. The van der Waals surface area contributed by atoms with Gasteiger partial charge in [-0.25, -0.2) is 9.78 Å². The minimum Gasteiger partial charge on any atom is -0.444 e. The molecule has 1 aromatic heterocycles. The Morgan fingerprint density at radius 2 is 1.96 bits per heavy atom. The van der Waals surface area contributed by atoms with Gasteiger partial charge < -0.3 is 20.3 Å². The van der Waals surface area contributed by atoms with Gasteiger partial charge in [-0.05, 0) is 52.7 Å². The zero-order valence-electron chi connectivity index (χ0n) is 16.2. The van der Waals surface area contributed by atoms with Crippen molar-refractivity contribution in [1.82, 2.24) is 15.2 Å². The highest BCUT2D eigenvalue weighted by molar-refractivity contribution is 5.77. The molecule has 0 bridgehead atoms. The average molecular weight is 362 g/mol. The molecule has 0 radical (unpaired) electrons. The van der Waals surface area contributed by atoms with Gasteiger partial charge in [-0.3, -0.25) is 4.79 Å². The van der Waals surface area contributed by atoms with E-state index in [9.17, 15) is 9.59 Å². The summed E-state index contributed by atoms with van der Waals surface area (Å²) < 4.78 is 5.15. The fraction of sp³-hybridized carbons (Fsp3) is 0.632. The minimum atomic E-state index is -0.533. The molecule has 1 fully saturated rings. The van der Waals surface area contributed by atoms with Gasteiger partial charge in [0.2, 0.25) is 5.91 Å². The van der Waals surface area contributed by atoms with Gasteiger partial charge in [0.25, 0.3) is 0 Å². The predicted octanol–water partition coefficient (Wildman–Crippen LogP) is 2.71. The third-order valence-electron chi connectivity index (χ3n) is 4.10. The van der Waals surface area contributed by atoms with Crippen molar-refractivity contribution < 1.29 is 14.3 Å². The van der Waals surface area contributed by atoms with Crippen molar-refractivity contribution in [3.8, 4) is 0 Å². The normalized spacial score (nSPS) is 15.5. The van der Waals surface area contributed by atoms with Gasteiger partial charge in [0.1, 0.15) is 11.4 Å². The fourth-order valence-electron chi connectivity index (χ4n) is 2.85. The molecule has 7 heteroatoms. The molecule has 0 aliphatic carbocycles. The molecule has 26 heavy (non-hydrogen) atoms. The van der Waals surface area contributed by atoms with E-state index >= 15 is 0 Å². The first-order valence-electron chi connectivity index (χ1n) is 9.18. The molecule has 0 aromatic carbocycles. The molecule has 0 atom stereocenters. The van der Waals surface area contributed by atoms with E-state index in [0.717, 1.165) is 37.4 Å². The fourth-order valence-corrected chi connectivity index (χ4v) is 2.85. The van der Waals surface area contributed by atoms with Crippen molar-refractivity contribution in [3.63, 3.8) is 0 Å². The summed E-state index contributed by atoms with van der Waals surface area (Å²) in [5, 5.41) is 6.06. The first kappa shape index (κ1) is 20.0. The van der Waals surface area contributed by atoms with Gasteiger partial charge in [-0.15, -0.1) is 0 Å². The number of nitrogens with one attached hydrogen (secondary N) is 2.